The van der Waals surface area contributed by atoms with E-state index in [1.165, 1.54) is 0 Å². The van der Waals surface area contributed by atoms with Gasteiger partial charge in [0.15, 0.2) is 5.78 Å². The van der Waals surface area contributed by atoms with Crippen LogP contribution in [0.4, 0.5) is 0 Å². The van der Waals surface area contributed by atoms with E-state index < -0.39 is 5.97 Å². The van der Waals surface area contributed by atoms with Gasteiger partial charge in [-0.05, 0) is 25.7 Å². The highest BCUT2D eigenvalue weighted by molar-refractivity contribution is 6.46. The zero-order valence-electron chi connectivity index (χ0n) is 12.0. The van der Waals surface area contributed by atoms with Crippen LogP contribution in [0.5, 0.6) is 0 Å². The van der Waals surface area contributed by atoms with Gasteiger partial charge in [0, 0.05) is 17.9 Å². The van der Waals surface area contributed by atoms with Crippen LogP contribution in [0.25, 0.3) is 0 Å². The summed E-state index contributed by atoms with van der Waals surface area (Å²) >= 11 is 5.93. The molecule has 0 aromatic rings. The number of aliphatic carboxylic acids is 1. The number of carbonyl (C=O) groups excluding carboxylic acids is 1. The van der Waals surface area contributed by atoms with Gasteiger partial charge in [-0.25, -0.2) is 0 Å². The average Bonchev–Trinajstić information content (AvgIpc) is 2.67. The van der Waals surface area contributed by atoms with Crippen molar-refractivity contribution in [3.8, 4) is 0 Å². The minimum atomic E-state index is -0.745. The van der Waals surface area contributed by atoms with Crippen LogP contribution in [-0.2, 0) is 9.59 Å². The fourth-order valence-corrected chi connectivity index (χ4v) is 2.67. The first-order valence-electron chi connectivity index (χ1n) is 7.40. The van der Waals surface area contributed by atoms with Crippen LogP contribution in [-0.4, -0.2) is 16.9 Å². The predicted molar refractivity (Wildman–Crippen MR) is 80.8 cm³/mol. The first-order valence-corrected chi connectivity index (χ1v) is 7.78. The molecule has 0 saturated heterocycles. The number of unbranched alkanes of at least 4 members (excludes halogenated alkanes) is 4. The van der Waals surface area contributed by atoms with Crippen LogP contribution in [0.2, 0.25) is 0 Å². The highest BCUT2D eigenvalue weighted by atomic mass is 35.5. The molecule has 1 unspecified atom stereocenters. The molecule has 0 fully saturated rings. The van der Waals surface area contributed by atoms with Crippen molar-refractivity contribution in [2.75, 3.05) is 0 Å². The van der Waals surface area contributed by atoms with E-state index in [9.17, 15) is 9.59 Å². The van der Waals surface area contributed by atoms with Crippen molar-refractivity contribution >= 4 is 23.4 Å². The minimum absolute atomic E-state index is 0.0293. The monoisotopic (exact) mass is 298 g/mol. The second-order valence-corrected chi connectivity index (χ2v) is 5.65. The summed E-state index contributed by atoms with van der Waals surface area (Å²) in [4.78, 5) is 22.3. The summed E-state index contributed by atoms with van der Waals surface area (Å²) in [5.41, 5.74) is 0.835. The molecule has 1 atom stereocenters. The molecule has 0 aromatic heterocycles. The molecule has 0 spiro atoms. The fraction of sp³-hybridized carbons (Fsp3) is 0.625. The number of hydrogen-bond acceptors (Lipinski definition) is 2. The maximum absolute atomic E-state index is 11.9. The third kappa shape index (κ3) is 5.49. The Morgan fingerprint density at radius 3 is 2.75 bits per heavy atom. The summed E-state index contributed by atoms with van der Waals surface area (Å²) in [6, 6.07) is 0. The Bertz CT molecular complexity index is 410. The second-order valence-electron chi connectivity index (χ2n) is 5.24. The van der Waals surface area contributed by atoms with Gasteiger partial charge >= 0.3 is 5.97 Å². The van der Waals surface area contributed by atoms with E-state index in [1.54, 1.807) is 0 Å². The molecule has 0 bridgehead atoms. The number of Topliss-reactive ketones (excluding diaryl/α,β-unsaturated/α-hetero) is 1. The zero-order chi connectivity index (χ0) is 15.0. The highest BCUT2D eigenvalue weighted by Gasteiger charge is 2.27. The smallest absolute Gasteiger partial charge is 0.303 e. The van der Waals surface area contributed by atoms with E-state index in [0.29, 0.717) is 11.5 Å². The Hall–Kier alpha value is -1.09. The predicted octanol–water partition coefficient (Wildman–Crippen LogP) is 4.46. The minimum Gasteiger partial charge on any atom is -0.481 e. The standard InChI is InChI=1S/C16H23ClO3/c1-2-3-8-12-11-14(17)16(20)13(12)9-6-4-5-7-10-15(18)19/h9,11-12H,2-8,10H2,1H3,(H,18,19)/b13-9-. The van der Waals surface area contributed by atoms with Gasteiger partial charge in [0.05, 0.1) is 5.03 Å². The molecular formula is C16H23ClO3. The van der Waals surface area contributed by atoms with Crippen molar-refractivity contribution in [1.82, 2.24) is 0 Å². The number of halogens is 1. The molecule has 0 heterocycles. The van der Waals surface area contributed by atoms with Gasteiger partial charge in [0.1, 0.15) is 0 Å². The maximum atomic E-state index is 11.9. The Balaban J connectivity index is 2.40. The van der Waals surface area contributed by atoms with E-state index in [0.717, 1.165) is 44.1 Å². The third-order valence-corrected chi connectivity index (χ3v) is 3.85. The molecule has 4 heteroatoms. The largest absolute Gasteiger partial charge is 0.481 e. The van der Waals surface area contributed by atoms with Gasteiger partial charge in [-0.3, -0.25) is 9.59 Å². The number of ketones is 1. The molecule has 1 aliphatic carbocycles. The second kappa shape index (κ2) is 8.96. The lowest BCUT2D eigenvalue weighted by Crippen LogP contribution is -2.04. The van der Waals surface area contributed by atoms with Crippen LogP contribution in [0, 0.1) is 5.92 Å². The van der Waals surface area contributed by atoms with Crippen LogP contribution < -0.4 is 0 Å². The highest BCUT2D eigenvalue weighted by Crippen LogP contribution is 2.33. The summed E-state index contributed by atoms with van der Waals surface area (Å²) in [7, 11) is 0. The van der Waals surface area contributed by atoms with E-state index in [4.69, 9.17) is 16.7 Å². The fourth-order valence-electron chi connectivity index (χ4n) is 2.41. The SMILES string of the molecule is CCCCC1C=C(Cl)C(=O)/C1=C\CCCCCC(=O)O. The summed E-state index contributed by atoms with van der Waals surface area (Å²) in [6.07, 6.45) is 10.6. The van der Waals surface area contributed by atoms with Crippen molar-refractivity contribution in [2.45, 2.75) is 58.3 Å². The molecule has 1 aliphatic rings. The number of carboxylic acid groups (broad SMARTS) is 1. The first-order chi connectivity index (χ1) is 9.56. The Morgan fingerprint density at radius 1 is 1.35 bits per heavy atom. The van der Waals surface area contributed by atoms with Crippen molar-refractivity contribution < 1.29 is 14.7 Å². The Kier molecular flexibility index (Phi) is 7.60. The lowest BCUT2D eigenvalue weighted by Gasteiger charge is -2.09. The first kappa shape index (κ1) is 17.0. The Morgan fingerprint density at radius 2 is 2.10 bits per heavy atom. The molecule has 0 aromatic carbocycles. The lowest BCUT2D eigenvalue weighted by molar-refractivity contribution is -0.137. The molecule has 0 radical (unpaired) electrons. The zero-order valence-corrected chi connectivity index (χ0v) is 12.8. The van der Waals surface area contributed by atoms with Crippen molar-refractivity contribution in [2.24, 2.45) is 5.92 Å². The van der Waals surface area contributed by atoms with Gasteiger partial charge in [-0.15, -0.1) is 0 Å². The van der Waals surface area contributed by atoms with Crippen LogP contribution >= 0.6 is 11.6 Å². The third-order valence-electron chi connectivity index (χ3n) is 3.55. The Labute approximate surface area is 125 Å². The number of allylic oxidation sites excluding steroid dienone is 4. The normalized spacial score (nSPS) is 20.5. The molecule has 112 valence electrons. The van der Waals surface area contributed by atoms with E-state index in [1.807, 2.05) is 12.2 Å². The number of carbonyl (C=O) groups is 2. The average molecular weight is 299 g/mol. The molecular weight excluding hydrogens is 276 g/mol. The van der Waals surface area contributed by atoms with Gasteiger partial charge < -0.3 is 5.11 Å². The summed E-state index contributed by atoms with van der Waals surface area (Å²) in [5, 5.41) is 8.90. The van der Waals surface area contributed by atoms with E-state index in [2.05, 4.69) is 6.92 Å². The molecule has 1 rings (SSSR count). The number of rotatable bonds is 9. The lowest BCUT2D eigenvalue weighted by atomic mass is 9.95. The molecule has 0 aliphatic heterocycles. The van der Waals surface area contributed by atoms with Crippen molar-refractivity contribution in [1.29, 1.82) is 0 Å². The quantitative estimate of drug-likeness (QED) is 0.505. The summed E-state index contributed by atoms with van der Waals surface area (Å²) in [5.74, 6) is -0.600. The molecule has 0 amide bonds. The molecule has 0 saturated carbocycles. The van der Waals surface area contributed by atoms with Crippen molar-refractivity contribution in [3.63, 3.8) is 0 Å². The van der Waals surface area contributed by atoms with Crippen LogP contribution in [0.1, 0.15) is 58.3 Å². The van der Waals surface area contributed by atoms with Gasteiger partial charge in [0.25, 0.3) is 0 Å². The van der Waals surface area contributed by atoms with Gasteiger partial charge in [-0.1, -0.05) is 49.9 Å². The maximum Gasteiger partial charge on any atom is 0.303 e. The molecule has 20 heavy (non-hydrogen) atoms. The number of hydrogen-bond donors (Lipinski definition) is 1. The van der Waals surface area contributed by atoms with Crippen LogP contribution in [0.3, 0.4) is 0 Å². The van der Waals surface area contributed by atoms with Crippen LogP contribution in [0.15, 0.2) is 22.8 Å². The molecule has 3 nitrogen and oxygen atoms in total. The van der Waals surface area contributed by atoms with E-state index >= 15 is 0 Å². The van der Waals surface area contributed by atoms with Gasteiger partial charge in [0.2, 0.25) is 0 Å². The van der Waals surface area contributed by atoms with E-state index in [-0.39, 0.29) is 18.1 Å². The summed E-state index contributed by atoms with van der Waals surface area (Å²) < 4.78 is 0. The molecule has 1 N–H and O–H groups in total. The van der Waals surface area contributed by atoms with Gasteiger partial charge in [-0.2, -0.15) is 0 Å². The van der Waals surface area contributed by atoms with Crippen molar-refractivity contribution in [3.05, 3.63) is 22.8 Å². The topological polar surface area (TPSA) is 54.4 Å². The number of carboxylic acids is 1. The summed E-state index contributed by atoms with van der Waals surface area (Å²) in [6.45, 7) is 2.13.